The average Bonchev–Trinajstić information content (AvgIpc) is 3.34. The number of rotatable bonds is 6. The molecule has 4 rings (SSSR count). The number of ketones is 1. The van der Waals surface area contributed by atoms with E-state index in [1.54, 1.807) is 48.5 Å². The number of carbonyl (C=O) groups is 3. The van der Waals surface area contributed by atoms with Gasteiger partial charge in [-0.15, -0.1) is 0 Å². The highest BCUT2D eigenvalue weighted by Crippen LogP contribution is 2.37. The fourth-order valence-corrected chi connectivity index (χ4v) is 3.51. The Labute approximate surface area is 187 Å². The van der Waals surface area contributed by atoms with Crippen LogP contribution in [0.25, 0.3) is 0 Å². The molecule has 11 heteroatoms. The number of esters is 2. The van der Waals surface area contributed by atoms with Crippen LogP contribution in [0.15, 0.2) is 59.8 Å². The zero-order valence-electron chi connectivity index (χ0n) is 17.9. The molecule has 0 spiro atoms. The van der Waals surface area contributed by atoms with Gasteiger partial charge in [-0.2, -0.15) is 4.68 Å². The Bertz CT molecular complexity index is 1250. The predicted octanol–water partition coefficient (Wildman–Crippen LogP) is 1.79. The van der Waals surface area contributed by atoms with Crippen LogP contribution in [-0.2, 0) is 14.3 Å². The van der Waals surface area contributed by atoms with Gasteiger partial charge in [-0.1, -0.05) is 17.2 Å². The summed E-state index contributed by atoms with van der Waals surface area (Å²) in [5.74, 6) is -0.960. The number of ether oxygens (including phenoxy) is 3. The lowest BCUT2D eigenvalue weighted by molar-refractivity contribution is -0.136. The molecular weight excluding hydrogens is 430 g/mol. The Balaban J connectivity index is 1.88. The molecule has 3 aromatic rings. The van der Waals surface area contributed by atoms with Crippen molar-refractivity contribution in [3.05, 3.63) is 76.5 Å². The van der Waals surface area contributed by atoms with Crippen LogP contribution in [0.1, 0.15) is 32.3 Å². The Kier molecular flexibility index (Phi) is 5.85. The molecule has 0 saturated carbocycles. The number of benzene rings is 2. The number of methoxy groups -OCH3 is 3. The highest BCUT2D eigenvalue weighted by Gasteiger charge is 2.38. The molecular formula is C22H19N5O6. The molecule has 0 bridgehead atoms. The van der Waals surface area contributed by atoms with Gasteiger partial charge in [-0.05, 0) is 52.4 Å². The van der Waals surface area contributed by atoms with E-state index in [1.807, 2.05) is 0 Å². The van der Waals surface area contributed by atoms with Crippen molar-refractivity contribution in [2.24, 2.45) is 0 Å². The molecule has 0 fully saturated rings. The van der Waals surface area contributed by atoms with Crippen LogP contribution >= 0.6 is 0 Å². The van der Waals surface area contributed by atoms with Gasteiger partial charge in [0.15, 0.2) is 5.78 Å². The van der Waals surface area contributed by atoms with Crippen molar-refractivity contribution < 1.29 is 28.6 Å². The van der Waals surface area contributed by atoms with Crippen molar-refractivity contribution >= 4 is 23.7 Å². The number of aromatic nitrogens is 4. The summed E-state index contributed by atoms with van der Waals surface area (Å²) in [5, 5.41) is 14.4. The Morgan fingerprint density at radius 1 is 0.879 bits per heavy atom. The van der Waals surface area contributed by atoms with Crippen molar-refractivity contribution in [3.63, 3.8) is 0 Å². The molecule has 33 heavy (non-hydrogen) atoms. The third-order valence-corrected chi connectivity index (χ3v) is 5.15. The summed E-state index contributed by atoms with van der Waals surface area (Å²) in [7, 11) is 4.02. The maximum atomic E-state index is 13.7. The summed E-state index contributed by atoms with van der Waals surface area (Å²) >= 11 is 0. The van der Waals surface area contributed by atoms with E-state index >= 15 is 0 Å². The standard InChI is InChI=1S/C22H19N5O6/c1-31-15-10-8-13(9-11-15)19(28)16-17(21(30)33-3)23-22-24-25-26-27(22)18(16)12-4-6-14(7-5-12)20(29)32-2/h4-11,18H,1-3H3,(H,23,24,26)/t18-/m1/s1. The number of anilines is 1. The van der Waals surface area contributed by atoms with E-state index < -0.39 is 23.8 Å². The fraction of sp³-hybridized carbons (Fsp3) is 0.182. The molecule has 1 aliphatic heterocycles. The van der Waals surface area contributed by atoms with E-state index in [0.29, 0.717) is 22.4 Å². The Morgan fingerprint density at radius 2 is 1.52 bits per heavy atom. The number of fused-ring (bicyclic) bond motifs is 1. The smallest absolute Gasteiger partial charge is 0.355 e. The molecule has 168 valence electrons. The third-order valence-electron chi connectivity index (χ3n) is 5.15. The molecule has 0 radical (unpaired) electrons. The minimum absolute atomic E-state index is 0.0809. The van der Waals surface area contributed by atoms with Gasteiger partial charge < -0.3 is 19.5 Å². The van der Waals surface area contributed by atoms with Gasteiger partial charge in [0, 0.05) is 5.56 Å². The lowest BCUT2D eigenvalue weighted by Crippen LogP contribution is -2.33. The quantitative estimate of drug-likeness (QED) is 0.438. The molecule has 0 unspecified atom stereocenters. The lowest BCUT2D eigenvalue weighted by atomic mass is 9.89. The molecule has 11 nitrogen and oxygen atoms in total. The van der Waals surface area contributed by atoms with E-state index in [2.05, 4.69) is 20.8 Å². The third kappa shape index (κ3) is 3.91. The molecule has 0 amide bonds. The van der Waals surface area contributed by atoms with Crippen LogP contribution in [0, 0.1) is 0 Å². The lowest BCUT2D eigenvalue weighted by Gasteiger charge is -2.28. The summed E-state index contributed by atoms with van der Waals surface area (Å²) in [6, 6.07) is 12.0. The van der Waals surface area contributed by atoms with Crippen molar-refractivity contribution in [1.82, 2.24) is 20.2 Å². The van der Waals surface area contributed by atoms with E-state index in [1.165, 1.54) is 26.0 Å². The second kappa shape index (κ2) is 8.91. The first kappa shape index (κ1) is 21.7. The number of carbonyl (C=O) groups excluding carboxylic acids is 3. The number of nitrogens with zero attached hydrogens (tertiary/aromatic N) is 4. The SMILES string of the molecule is COC(=O)C1=C(C(=O)c2ccc(OC)cc2)[C@@H](c2ccc(C(=O)OC)cc2)n2nnnc2N1. The first-order valence-electron chi connectivity index (χ1n) is 9.72. The van der Waals surface area contributed by atoms with Crippen molar-refractivity contribution in [3.8, 4) is 5.75 Å². The first-order valence-corrected chi connectivity index (χ1v) is 9.72. The molecule has 1 aliphatic rings. The molecule has 1 atom stereocenters. The zero-order chi connectivity index (χ0) is 23.5. The maximum Gasteiger partial charge on any atom is 0.355 e. The number of tetrazole rings is 1. The maximum absolute atomic E-state index is 13.7. The minimum Gasteiger partial charge on any atom is -0.497 e. The minimum atomic E-state index is -0.869. The summed E-state index contributed by atoms with van der Waals surface area (Å²) in [6.45, 7) is 0. The molecule has 0 aliphatic carbocycles. The van der Waals surface area contributed by atoms with E-state index in [0.717, 1.165) is 0 Å². The monoisotopic (exact) mass is 449 g/mol. The topological polar surface area (TPSA) is 135 Å². The van der Waals surface area contributed by atoms with Crippen LogP contribution in [0.3, 0.4) is 0 Å². The van der Waals surface area contributed by atoms with Gasteiger partial charge in [-0.3, -0.25) is 4.79 Å². The summed E-state index contributed by atoms with van der Waals surface area (Å²) < 4.78 is 16.2. The number of hydrogen-bond acceptors (Lipinski definition) is 10. The average molecular weight is 449 g/mol. The number of Topliss-reactive ketones (excluding diaryl/α,β-unsaturated/α-hetero) is 1. The number of hydrogen-bond donors (Lipinski definition) is 1. The summed E-state index contributed by atoms with van der Waals surface area (Å²) in [5.41, 5.74) is 1.21. The van der Waals surface area contributed by atoms with Gasteiger partial charge >= 0.3 is 11.9 Å². The fourth-order valence-electron chi connectivity index (χ4n) is 3.51. The highest BCUT2D eigenvalue weighted by molar-refractivity contribution is 6.15. The van der Waals surface area contributed by atoms with Gasteiger partial charge in [-0.25, -0.2) is 9.59 Å². The predicted molar refractivity (Wildman–Crippen MR) is 114 cm³/mol. The molecule has 2 aromatic carbocycles. The largest absolute Gasteiger partial charge is 0.497 e. The van der Waals surface area contributed by atoms with Crippen LogP contribution in [-0.4, -0.2) is 59.3 Å². The summed E-state index contributed by atoms with van der Waals surface area (Å²) in [4.78, 5) is 38.2. The van der Waals surface area contributed by atoms with Crippen molar-refractivity contribution in [1.29, 1.82) is 0 Å². The Hall–Kier alpha value is -4.54. The number of nitrogens with one attached hydrogen (secondary N) is 1. The van der Waals surface area contributed by atoms with E-state index in [-0.39, 0.29) is 17.2 Å². The second-order valence-corrected chi connectivity index (χ2v) is 6.93. The summed E-state index contributed by atoms with van der Waals surface area (Å²) in [6.07, 6.45) is 0. The Morgan fingerprint density at radius 3 is 2.12 bits per heavy atom. The molecule has 1 aromatic heterocycles. The van der Waals surface area contributed by atoms with Crippen LogP contribution in [0.5, 0.6) is 5.75 Å². The van der Waals surface area contributed by atoms with E-state index in [9.17, 15) is 14.4 Å². The van der Waals surface area contributed by atoms with Crippen LogP contribution in [0.2, 0.25) is 0 Å². The van der Waals surface area contributed by atoms with Crippen molar-refractivity contribution in [2.75, 3.05) is 26.6 Å². The molecule has 0 saturated heterocycles. The van der Waals surface area contributed by atoms with Gasteiger partial charge in [0.2, 0.25) is 5.95 Å². The van der Waals surface area contributed by atoms with Gasteiger partial charge in [0.1, 0.15) is 17.5 Å². The van der Waals surface area contributed by atoms with Gasteiger partial charge in [0.25, 0.3) is 0 Å². The zero-order valence-corrected chi connectivity index (χ0v) is 17.9. The highest BCUT2D eigenvalue weighted by atomic mass is 16.5. The first-order chi connectivity index (χ1) is 16.0. The molecule has 1 N–H and O–H groups in total. The van der Waals surface area contributed by atoms with Gasteiger partial charge in [0.05, 0.1) is 32.5 Å². The van der Waals surface area contributed by atoms with Crippen molar-refractivity contribution in [2.45, 2.75) is 6.04 Å². The normalized spacial score (nSPS) is 14.7. The molecule has 2 heterocycles. The van der Waals surface area contributed by atoms with Crippen LogP contribution < -0.4 is 10.1 Å². The van der Waals surface area contributed by atoms with E-state index in [4.69, 9.17) is 14.2 Å². The number of allylic oxidation sites excluding steroid dienone is 1. The second-order valence-electron chi connectivity index (χ2n) is 6.93. The van der Waals surface area contributed by atoms with Crippen LogP contribution in [0.4, 0.5) is 5.95 Å².